The Morgan fingerprint density at radius 3 is 2.93 bits per heavy atom. The van der Waals surface area contributed by atoms with Crippen LogP contribution in [0.5, 0.6) is 0 Å². The van der Waals surface area contributed by atoms with Crippen LogP contribution in [0.25, 0.3) is 0 Å². The molecule has 1 saturated carbocycles. The van der Waals surface area contributed by atoms with Gasteiger partial charge in [-0.2, -0.15) is 0 Å². The van der Waals surface area contributed by atoms with E-state index in [0.29, 0.717) is 12.0 Å². The van der Waals surface area contributed by atoms with Crippen molar-refractivity contribution >= 4 is 11.8 Å². The van der Waals surface area contributed by atoms with Gasteiger partial charge >= 0.3 is 0 Å². The van der Waals surface area contributed by atoms with Crippen molar-refractivity contribution < 1.29 is 4.42 Å². The lowest BCUT2D eigenvalue weighted by Crippen LogP contribution is -2.33. The number of rotatable bonds is 4. The van der Waals surface area contributed by atoms with Gasteiger partial charge in [-0.05, 0) is 18.8 Å². The standard InChI is InChI=1S/C11H18N2OS/c12-10(9-4-2-1-3-5-9)8-15-11-13-6-7-14-11/h6-7,9-10H,1-5,8,12H2. The zero-order valence-corrected chi connectivity index (χ0v) is 9.71. The smallest absolute Gasteiger partial charge is 0.255 e. The first kappa shape index (κ1) is 11.0. The Morgan fingerprint density at radius 2 is 2.27 bits per heavy atom. The van der Waals surface area contributed by atoms with Gasteiger partial charge in [-0.15, -0.1) is 0 Å². The average Bonchev–Trinajstić information content (AvgIpc) is 2.80. The van der Waals surface area contributed by atoms with Gasteiger partial charge in [0.2, 0.25) is 0 Å². The van der Waals surface area contributed by atoms with Crippen LogP contribution in [-0.4, -0.2) is 16.8 Å². The first-order valence-corrected chi connectivity index (χ1v) is 6.62. The summed E-state index contributed by atoms with van der Waals surface area (Å²) in [5, 5.41) is 0.737. The number of hydrogen-bond acceptors (Lipinski definition) is 4. The van der Waals surface area contributed by atoms with Crippen molar-refractivity contribution in [2.24, 2.45) is 11.7 Å². The van der Waals surface area contributed by atoms with Crippen LogP contribution in [0.3, 0.4) is 0 Å². The van der Waals surface area contributed by atoms with Crippen LogP contribution in [0.4, 0.5) is 0 Å². The Bertz CT molecular complexity index is 270. The quantitative estimate of drug-likeness (QED) is 0.802. The summed E-state index contributed by atoms with van der Waals surface area (Å²) in [4.78, 5) is 4.07. The van der Waals surface area contributed by atoms with Crippen LogP contribution in [0.1, 0.15) is 32.1 Å². The SMILES string of the molecule is NC(CSc1ncco1)C1CCCCC1. The second kappa shape index (κ2) is 5.56. The lowest BCUT2D eigenvalue weighted by Gasteiger charge is -2.26. The molecule has 0 radical (unpaired) electrons. The number of oxazole rings is 1. The Balaban J connectivity index is 1.74. The van der Waals surface area contributed by atoms with Crippen molar-refractivity contribution in [2.45, 2.75) is 43.4 Å². The minimum atomic E-state index is 0.294. The van der Waals surface area contributed by atoms with Gasteiger partial charge in [0.05, 0.1) is 6.20 Å². The highest BCUT2D eigenvalue weighted by atomic mass is 32.2. The molecule has 0 spiro atoms. The van der Waals surface area contributed by atoms with Crippen LogP contribution < -0.4 is 5.73 Å². The number of hydrogen-bond donors (Lipinski definition) is 1. The highest BCUT2D eigenvalue weighted by Gasteiger charge is 2.20. The Morgan fingerprint density at radius 1 is 1.47 bits per heavy atom. The fourth-order valence-corrected chi connectivity index (χ4v) is 3.01. The predicted octanol–water partition coefficient (Wildman–Crippen LogP) is 2.67. The third-order valence-corrected chi connectivity index (χ3v) is 4.06. The van der Waals surface area contributed by atoms with E-state index in [0.717, 1.165) is 11.0 Å². The fourth-order valence-electron chi connectivity index (χ4n) is 2.15. The summed E-state index contributed by atoms with van der Waals surface area (Å²) in [6.45, 7) is 0. The van der Waals surface area contributed by atoms with Crippen molar-refractivity contribution in [1.29, 1.82) is 0 Å². The molecule has 1 aliphatic carbocycles. The number of nitrogens with two attached hydrogens (primary N) is 1. The summed E-state index contributed by atoms with van der Waals surface area (Å²) >= 11 is 1.63. The van der Waals surface area contributed by atoms with E-state index in [9.17, 15) is 0 Å². The molecule has 3 nitrogen and oxygen atoms in total. The van der Waals surface area contributed by atoms with Crippen LogP contribution in [0.15, 0.2) is 22.1 Å². The molecule has 1 aromatic heterocycles. The van der Waals surface area contributed by atoms with E-state index in [1.165, 1.54) is 32.1 Å². The van der Waals surface area contributed by atoms with Crippen LogP contribution in [-0.2, 0) is 0 Å². The molecule has 0 bridgehead atoms. The van der Waals surface area contributed by atoms with Gasteiger partial charge in [-0.3, -0.25) is 0 Å². The van der Waals surface area contributed by atoms with Crippen molar-refractivity contribution in [2.75, 3.05) is 5.75 Å². The largest absolute Gasteiger partial charge is 0.440 e. The van der Waals surface area contributed by atoms with Gasteiger partial charge in [0.15, 0.2) is 0 Å². The Kier molecular flexibility index (Phi) is 4.09. The van der Waals surface area contributed by atoms with Crippen LogP contribution in [0, 0.1) is 5.92 Å². The average molecular weight is 226 g/mol. The lowest BCUT2D eigenvalue weighted by atomic mass is 9.85. The minimum absolute atomic E-state index is 0.294. The first-order chi connectivity index (χ1) is 7.36. The Hall–Kier alpha value is -0.480. The van der Waals surface area contributed by atoms with Crippen molar-refractivity contribution in [1.82, 2.24) is 4.98 Å². The molecule has 0 aliphatic heterocycles. The summed E-state index contributed by atoms with van der Waals surface area (Å²) in [5.74, 6) is 1.63. The molecule has 0 saturated heterocycles. The monoisotopic (exact) mass is 226 g/mol. The summed E-state index contributed by atoms with van der Waals surface area (Å²) in [7, 11) is 0. The predicted molar refractivity (Wildman–Crippen MR) is 61.8 cm³/mol. The second-order valence-corrected chi connectivity index (χ2v) is 5.14. The van der Waals surface area contributed by atoms with E-state index in [2.05, 4.69) is 4.98 Å². The zero-order valence-electron chi connectivity index (χ0n) is 8.89. The topological polar surface area (TPSA) is 52.0 Å². The maximum absolute atomic E-state index is 6.17. The molecular formula is C11H18N2OS. The van der Waals surface area contributed by atoms with E-state index in [1.807, 2.05) is 0 Å². The van der Waals surface area contributed by atoms with E-state index in [4.69, 9.17) is 10.2 Å². The van der Waals surface area contributed by atoms with E-state index in [1.54, 1.807) is 24.2 Å². The van der Waals surface area contributed by atoms with Crippen LogP contribution >= 0.6 is 11.8 Å². The number of thioether (sulfide) groups is 1. The van der Waals surface area contributed by atoms with Crippen molar-refractivity contribution in [3.8, 4) is 0 Å². The van der Waals surface area contributed by atoms with Gasteiger partial charge in [-0.25, -0.2) is 4.98 Å². The number of nitrogens with zero attached hydrogens (tertiary/aromatic N) is 1. The molecule has 2 N–H and O–H groups in total. The molecule has 0 amide bonds. The molecule has 1 aliphatic rings. The Labute approximate surface area is 94.8 Å². The molecule has 2 rings (SSSR count). The summed E-state index contributed by atoms with van der Waals surface area (Å²) in [6.07, 6.45) is 9.96. The number of aromatic nitrogens is 1. The molecule has 1 atom stereocenters. The molecule has 1 fully saturated rings. The molecule has 1 heterocycles. The summed E-state index contributed by atoms with van der Waals surface area (Å²) < 4.78 is 5.17. The molecule has 1 unspecified atom stereocenters. The van der Waals surface area contributed by atoms with Crippen LogP contribution in [0.2, 0.25) is 0 Å². The fraction of sp³-hybridized carbons (Fsp3) is 0.727. The normalized spacial score (nSPS) is 20.3. The van der Waals surface area contributed by atoms with Gasteiger partial charge in [-0.1, -0.05) is 31.0 Å². The first-order valence-electron chi connectivity index (χ1n) is 5.64. The summed E-state index contributed by atoms with van der Waals surface area (Å²) in [6, 6.07) is 0.294. The van der Waals surface area contributed by atoms with E-state index < -0.39 is 0 Å². The molecule has 1 aromatic rings. The van der Waals surface area contributed by atoms with E-state index >= 15 is 0 Å². The highest BCUT2D eigenvalue weighted by Crippen LogP contribution is 2.28. The van der Waals surface area contributed by atoms with E-state index in [-0.39, 0.29) is 0 Å². The van der Waals surface area contributed by atoms with Gasteiger partial charge in [0.25, 0.3) is 5.22 Å². The zero-order chi connectivity index (χ0) is 10.5. The minimum Gasteiger partial charge on any atom is -0.440 e. The highest BCUT2D eigenvalue weighted by molar-refractivity contribution is 7.99. The second-order valence-electron chi connectivity index (χ2n) is 4.17. The van der Waals surface area contributed by atoms with Gasteiger partial charge in [0, 0.05) is 11.8 Å². The molecule has 84 valence electrons. The third-order valence-electron chi connectivity index (χ3n) is 3.06. The lowest BCUT2D eigenvalue weighted by molar-refractivity contribution is 0.319. The third kappa shape index (κ3) is 3.24. The maximum Gasteiger partial charge on any atom is 0.255 e. The maximum atomic E-state index is 6.17. The van der Waals surface area contributed by atoms with Crippen molar-refractivity contribution in [3.63, 3.8) is 0 Å². The molecule has 4 heteroatoms. The molecule has 0 aromatic carbocycles. The molecular weight excluding hydrogens is 208 g/mol. The van der Waals surface area contributed by atoms with Gasteiger partial charge in [0.1, 0.15) is 6.26 Å². The van der Waals surface area contributed by atoms with Gasteiger partial charge < -0.3 is 10.2 Å². The summed E-state index contributed by atoms with van der Waals surface area (Å²) in [5.41, 5.74) is 6.17. The van der Waals surface area contributed by atoms with Crippen molar-refractivity contribution in [3.05, 3.63) is 12.5 Å². The molecule has 15 heavy (non-hydrogen) atoms.